The fraction of sp³-hybridized carbons (Fsp3) is 0.444. The molecule has 0 bridgehead atoms. The van der Waals surface area contributed by atoms with Crippen LogP contribution in [-0.4, -0.2) is 52.9 Å². The van der Waals surface area contributed by atoms with Gasteiger partial charge in [0.15, 0.2) is 23.0 Å². The number of benzene rings is 2. The average Bonchev–Trinajstić information content (AvgIpc) is 3.73. The summed E-state index contributed by atoms with van der Waals surface area (Å²) in [7, 11) is 0. The molecule has 64 heavy (non-hydrogen) atoms. The molecule has 4 amide bonds. The Labute approximate surface area is 375 Å². The number of carbonyl (C=O) groups is 4. The van der Waals surface area contributed by atoms with Gasteiger partial charge >= 0.3 is 0 Å². The highest BCUT2D eigenvalue weighted by atomic mass is 16.6. The van der Waals surface area contributed by atoms with Crippen LogP contribution in [0.1, 0.15) is 103 Å². The smallest absolute Gasteiger partial charge is 0.260 e. The van der Waals surface area contributed by atoms with Gasteiger partial charge in [-0.1, -0.05) is 52.2 Å². The van der Waals surface area contributed by atoms with Gasteiger partial charge in [-0.15, -0.1) is 12.8 Å². The maximum absolute atomic E-state index is 13.9. The molecule has 2 aromatic rings. The number of ether oxygens (including phenoxy) is 4. The van der Waals surface area contributed by atoms with E-state index in [9.17, 15) is 19.2 Å². The first kappa shape index (κ1) is 42.0. The number of terminal acetylenes is 2. The van der Waals surface area contributed by atoms with E-state index in [-0.39, 0.29) is 64.8 Å². The highest BCUT2D eigenvalue weighted by Crippen LogP contribution is 2.70. The molecule has 328 valence electrons. The van der Waals surface area contributed by atoms with Crippen LogP contribution < -0.4 is 14.4 Å². The van der Waals surface area contributed by atoms with Crippen LogP contribution in [0.5, 0.6) is 11.5 Å². The summed E-state index contributed by atoms with van der Waals surface area (Å²) >= 11 is 0. The molecule has 0 aromatic heterocycles. The molecule has 1 spiro atoms. The molecule has 3 saturated carbocycles. The second kappa shape index (κ2) is 14.8. The lowest BCUT2D eigenvalue weighted by atomic mass is 9.63. The quantitative estimate of drug-likeness (QED) is 0.171. The molecule has 4 heterocycles. The summed E-state index contributed by atoms with van der Waals surface area (Å²) in [6.07, 6.45) is 21.3. The Hall–Kier alpha value is -5.94. The van der Waals surface area contributed by atoms with E-state index in [2.05, 4.69) is 58.2 Å². The number of hydrogen-bond acceptors (Lipinski definition) is 8. The minimum atomic E-state index is -0.496. The van der Waals surface area contributed by atoms with Gasteiger partial charge in [-0.3, -0.25) is 24.1 Å². The van der Waals surface area contributed by atoms with Gasteiger partial charge in [0.25, 0.3) is 5.91 Å². The lowest BCUT2D eigenvalue weighted by molar-refractivity contribution is -0.259. The lowest BCUT2D eigenvalue weighted by Gasteiger charge is -2.52. The fourth-order valence-corrected chi connectivity index (χ4v) is 13.1. The largest absolute Gasteiger partial charge is 0.453 e. The minimum absolute atomic E-state index is 0.0225. The molecule has 8 aliphatic rings. The second-order valence-electron chi connectivity index (χ2n) is 20.5. The van der Waals surface area contributed by atoms with Crippen LogP contribution in [0.25, 0.3) is 0 Å². The Morgan fingerprint density at radius 1 is 0.812 bits per heavy atom. The van der Waals surface area contributed by atoms with Crippen molar-refractivity contribution in [2.75, 3.05) is 4.90 Å². The van der Waals surface area contributed by atoms with E-state index >= 15 is 0 Å². The van der Waals surface area contributed by atoms with Crippen LogP contribution in [0, 0.1) is 53.8 Å². The van der Waals surface area contributed by atoms with Crippen molar-refractivity contribution in [2.45, 2.75) is 122 Å². The number of nitrogens with zero attached hydrogens (tertiary/aromatic N) is 2. The predicted molar refractivity (Wildman–Crippen MR) is 240 cm³/mol. The number of imide groups is 2. The molecule has 2 saturated heterocycles. The Kier molecular flexibility index (Phi) is 9.72. The molecule has 4 aliphatic heterocycles. The van der Waals surface area contributed by atoms with Gasteiger partial charge in [0.1, 0.15) is 0 Å². The third kappa shape index (κ3) is 6.39. The van der Waals surface area contributed by atoms with E-state index in [0.717, 1.165) is 25.7 Å². The molecular formula is C54H54N2O8. The molecule has 4 aliphatic carbocycles. The monoisotopic (exact) mass is 858 g/mol. The average molecular weight is 859 g/mol. The summed E-state index contributed by atoms with van der Waals surface area (Å²) in [5, 5.41) is 0. The number of allylic oxidation sites excluding steroid dienone is 5. The van der Waals surface area contributed by atoms with Crippen LogP contribution in [-0.2, 0) is 39.5 Å². The van der Waals surface area contributed by atoms with Gasteiger partial charge in [0.2, 0.25) is 17.7 Å². The van der Waals surface area contributed by atoms with Crippen LogP contribution >= 0.6 is 0 Å². The number of anilines is 1. The number of hydrogen-bond donors (Lipinski definition) is 0. The minimum Gasteiger partial charge on any atom is -0.453 e. The zero-order chi connectivity index (χ0) is 45.2. The zero-order valence-corrected chi connectivity index (χ0v) is 37.4. The first-order valence-electron chi connectivity index (χ1n) is 22.6. The molecule has 9 unspecified atom stereocenters. The molecule has 0 radical (unpaired) electrons. The molecule has 5 fully saturated rings. The van der Waals surface area contributed by atoms with Gasteiger partial charge in [0.05, 0.1) is 48.4 Å². The fourth-order valence-electron chi connectivity index (χ4n) is 13.1. The number of likely N-dealkylation sites (tertiary alicyclic amines) is 1. The molecule has 0 N–H and O–H groups in total. The standard InChI is InChI=1S/C54H54N2O8/c1-10-31(11-2)14-13-30(5)55-50(59)34-20-41-42(21-35(34)51(55)60)63-45-24-38-37(23-44(45)62-41)53(8,9)28-54(38)27-52(6,7)36-22-43-46(25-39(36)54)64-47-26-48(57)56(33-17-15-32(12-3)16-18-33)49(58)29(4)19-40(47)61-43/h1,3,11,13-19,22,25,34-35,37-38,41-42,44-45H,5,20-21,23-24,26-28H2,2,4,6-9H3/b14-13-,29-19+,31-11-. The van der Waals surface area contributed by atoms with Crippen LogP contribution in [0.2, 0.25) is 0 Å². The Morgan fingerprint density at radius 2 is 1.42 bits per heavy atom. The molecular weight excluding hydrogens is 805 g/mol. The summed E-state index contributed by atoms with van der Waals surface area (Å²) in [6.45, 7) is 17.0. The Morgan fingerprint density at radius 3 is 2.05 bits per heavy atom. The van der Waals surface area contributed by atoms with Crippen molar-refractivity contribution in [1.82, 2.24) is 4.90 Å². The SMILES string of the molecule is C#CC(/C=C\C(=C)N1C(=O)C2CC3OC4CC5C(CC4OC3CC2C1=O)C1(CC(C)(C)c2cc3c(cc21)OC1=C(/C=C(\C)C(=O)N(c2ccc(C#C)cc2)C(=O)C1)O3)CC5(C)C)=C/C. The van der Waals surface area contributed by atoms with Gasteiger partial charge < -0.3 is 18.9 Å². The van der Waals surface area contributed by atoms with Crippen molar-refractivity contribution in [3.8, 4) is 36.2 Å². The van der Waals surface area contributed by atoms with Crippen molar-refractivity contribution in [1.29, 1.82) is 0 Å². The van der Waals surface area contributed by atoms with E-state index in [1.165, 1.54) is 20.9 Å². The summed E-state index contributed by atoms with van der Waals surface area (Å²) in [6, 6.07) is 11.0. The van der Waals surface area contributed by atoms with E-state index < -0.39 is 23.7 Å². The Bertz CT molecular complexity index is 2670. The summed E-state index contributed by atoms with van der Waals surface area (Å²) in [4.78, 5) is 57.6. The van der Waals surface area contributed by atoms with Crippen molar-refractivity contribution >= 4 is 29.3 Å². The lowest BCUT2D eigenvalue weighted by Crippen LogP contribution is -2.57. The van der Waals surface area contributed by atoms with Crippen molar-refractivity contribution < 1.29 is 38.1 Å². The Balaban J connectivity index is 0.916. The molecule has 10 nitrogen and oxygen atoms in total. The third-order valence-corrected chi connectivity index (χ3v) is 15.8. The normalized spacial score (nSPS) is 34.1. The van der Waals surface area contributed by atoms with Gasteiger partial charge in [-0.2, -0.15) is 0 Å². The number of rotatable bonds is 4. The molecule has 2 aromatic carbocycles. The highest BCUT2D eigenvalue weighted by molar-refractivity contribution is 6.21. The molecule has 9 atom stereocenters. The number of amides is 4. The molecule has 10 heteroatoms. The number of fused-ring (bicyclic) bond motifs is 8. The summed E-state index contributed by atoms with van der Waals surface area (Å²) < 4.78 is 27.3. The van der Waals surface area contributed by atoms with Crippen LogP contribution in [0.15, 0.2) is 95.6 Å². The van der Waals surface area contributed by atoms with Gasteiger partial charge in [-0.25, -0.2) is 4.90 Å². The van der Waals surface area contributed by atoms with Crippen molar-refractivity contribution in [3.05, 3.63) is 112 Å². The van der Waals surface area contributed by atoms with Gasteiger partial charge in [0, 0.05) is 27.8 Å². The summed E-state index contributed by atoms with van der Waals surface area (Å²) in [5.74, 6) is 5.26. The maximum atomic E-state index is 13.9. The van der Waals surface area contributed by atoms with Crippen molar-refractivity contribution in [2.24, 2.45) is 29.1 Å². The van der Waals surface area contributed by atoms with Gasteiger partial charge in [-0.05, 0) is 141 Å². The van der Waals surface area contributed by atoms with Crippen molar-refractivity contribution in [3.63, 3.8) is 0 Å². The second-order valence-corrected chi connectivity index (χ2v) is 20.5. The first-order chi connectivity index (χ1) is 30.5. The first-order valence-corrected chi connectivity index (χ1v) is 22.6. The number of carbonyl (C=O) groups excluding carboxylic acids is 4. The predicted octanol–water partition coefficient (Wildman–Crippen LogP) is 8.50. The topological polar surface area (TPSA) is 112 Å². The third-order valence-electron chi connectivity index (χ3n) is 15.8. The zero-order valence-electron chi connectivity index (χ0n) is 37.4. The van der Waals surface area contributed by atoms with Crippen LogP contribution in [0.4, 0.5) is 5.69 Å². The highest BCUT2D eigenvalue weighted by Gasteiger charge is 2.66. The molecule has 10 rings (SSSR count). The van der Waals surface area contributed by atoms with E-state index in [0.29, 0.717) is 69.9 Å². The van der Waals surface area contributed by atoms with E-state index in [1.54, 1.807) is 55.5 Å². The maximum Gasteiger partial charge on any atom is 0.260 e. The van der Waals surface area contributed by atoms with E-state index in [1.807, 2.05) is 6.92 Å². The summed E-state index contributed by atoms with van der Waals surface area (Å²) in [5.41, 5.74) is 4.41. The van der Waals surface area contributed by atoms with E-state index in [4.69, 9.17) is 31.8 Å². The van der Waals surface area contributed by atoms with Crippen LogP contribution in [0.3, 0.4) is 0 Å².